The summed E-state index contributed by atoms with van der Waals surface area (Å²) in [6.07, 6.45) is 12.1. The molecule has 0 atom stereocenters. The molecule has 0 saturated carbocycles. The van der Waals surface area contributed by atoms with Crippen LogP contribution in [0.2, 0.25) is 0 Å². The van der Waals surface area contributed by atoms with E-state index in [-0.39, 0.29) is 0 Å². The Morgan fingerprint density at radius 2 is 1.30 bits per heavy atom. The molecule has 0 aromatic heterocycles. The van der Waals surface area contributed by atoms with Crippen LogP contribution in [0.15, 0.2) is 30.3 Å². The molecule has 1 aromatic rings. The molecule has 0 spiro atoms. The predicted octanol–water partition coefficient (Wildman–Crippen LogP) is 6.42. The van der Waals surface area contributed by atoms with Gasteiger partial charge in [-0.05, 0) is 0 Å². The molecule has 0 fully saturated rings. The zero-order valence-electron chi connectivity index (χ0n) is 13.6. The average Bonchev–Trinajstić information content (AvgIpc) is 2.42. The Kier molecular flexibility index (Phi) is 7.56. The molecule has 116 valence electrons. The fraction of sp³-hybridized carbons (Fsp3) is 0.667. The third-order valence-electron chi connectivity index (χ3n) is 4.21. The summed E-state index contributed by atoms with van der Waals surface area (Å²) < 4.78 is 0. The van der Waals surface area contributed by atoms with Crippen molar-refractivity contribution in [2.75, 3.05) is 19.5 Å². The summed E-state index contributed by atoms with van der Waals surface area (Å²) in [5, 5.41) is 1.36. The van der Waals surface area contributed by atoms with Gasteiger partial charge in [-0.3, -0.25) is 0 Å². The topological polar surface area (TPSA) is 0 Å². The number of hydrogen-bond acceptors (Lipinski definition) is 0. The van der Waals surface area contributed by atoms with Crippen LogP contribution in [0.5, 0.6) is 0 Å². The molecule has 0 bridgehead atoms. The third kappa shape index (κ3) is 6.59. The Morgan fingerprint density at radius 3 is 1.85 bits per heavy atom. The summed E-state index contributed by atoms with van der Waals surface area (Å²) >= 11 is 7.03. The zero-order valence-corrected chi connectivity index (χ0v) is 15.2. The molecule has 0 aliphatic carbocycles. The van der Waals surface area contributed by atoms with E-state index >= 15 is 0 Å². The summed E-state index contributed by atoms with van der Waals surface area (Å²) in [5.41, 5.74) is 0. The van der Waals surface area contributed by atoms with E-state index in [2.05, 4.69) is 50.6 Å². The van der Waals surface area contributed by atoms with Crippen molar-refractivity contribution in [1.82, 2.24) is 0 Å². The first-order valence-corrected chi connectivity index (χ1v) is 12.4. The molecule has 0 saturated heterocycles. The molecule has 0 unspecified atom stereocenters. The van der Waals surface area contributed by atoms with Gasteiger partial charge in [0, 0.05) is 0 Å². The third-order valence-corrected chi connectivity index (χ3v) is 8.80. The van der Waals surface area contributed by atoms with Gasteiger partial charge in [-0.25, -0.2) is 0 Å². The van der Waals surface area contributed by atoms with Gasteiger partial charge in [0.05, 0.1) is 0 Å². The van der Waals surface area contributed by atoms with Gasteiger partial charge in [0.25, 0.3) is 0 Å². The molecule has 0 radical (unpaired) electrons. The molecular weight excluding hydrogens is 283 g/mol. The Morgan fingerprint density at radius 1 is 0.800 bits per heavy atom. The van der Waals surface area contributed by atoms with Crippen LogP contribution in [0.1, 0.15) is 58.3 Å². The number of halogens is 1. The molecule has 0 heterocycles. The summed E-state index contributed by atoms with van der Waals surface area (Å²) in [7, 11) is 0. The summed E-state index contributed by atoms with van der Waals surface area (Å²) in [6, 6.07) is 10.7. The Hall–Kier alpha value is -0.0600. The van der Waals surface area contributed by atoms with Crippen molar-refractivity contribution in [2.45, 2.75) is 58.3 Å². The van der Waals surface area contributed by atoms with Gasteiger partial charge in [-0.15, -0.1) is 0 Å². The van der Waals surface area contributed by atoms with Crippen LogP contribution >= 0.6 is 17.2 Å². The number of benzene rings is 1. The van der Waals surface area contributed by atoms with Crippen LogP contribution < -0.4 is 5.30 Å². The second kappa shape index (κ2) is 8.40. The average molecular weight is 315 g/mol. The molecule has 2 heteroatoms. The summed E-state index contributed by atoms with van der Waals surface area (Å²) in [4.78, 5) is 0. The van der Waals surface area contributed by atoms with Crippen molar-refractivity contribution in [3.05, 3.63) is 30.3 Å². The standard InChI is InChI=1S/C18H32ClP/c1-4-5-6-7-8-9-10-14-17-20(2,3,19)18-15-12-11-13-16-18/h11-13,15-16H,4-10,14,17H2,1-3H3. The van der Waals surface area contributed by atoms with E-state index in [9.17, 15) is 0 Å². The van der Waals surface area contributed by atoms with Gasteiger partial charge < -0.3 is 0 Å². The molecule has 0 aliphatic heterocycles. The van der Waals surface area contributed by atoms with E-state index in [1.807, 2.05) is 0 Å². The van der Waals surface area contributed by atoms with E-state index in [1.165, 1.54) is 62.8 Å². The first-order valence-electron chi connectivity index (χ1n) is 8.22. The quantitative estimate of drug-likeness (QED) is 0.345. The van der Waals surface area contributed by atoms with Crippen molar-refractivity contribution in [3.8, 4) is 0 Å². The zero-order chi connectivity index (χ0) is 14.9. The second-order valence-electron chi connectivity index (χ2n) is 6.76. The molecule has 1 rings (SSSR count). The van der Waals surface area contributed by atoms with Crippen molar-refractivity contribution < 1.29 is 0 Å². The first-order chi connectivity index (χ1) is 9.44. The molecule has 0 amide bonds. The second-order valence-corrected chi connectivity index (χ2v) is 15.4. The molecular formula is C18H32ClP. The van der Waals surface area contributed by atoms with Crippen LogP contribution in [0.25, 0.3) is 0 Å². The van der Waals surface area contributed by atoms with E-state index < -0.39 is 5.96 Å². The van der Waals surface area contributed by atoms with Crippen molar-refractivity contribution in [2.24, 2.45) is 0 Å². The summed E-state index contributed by atoms with van der Waals surface area (Å²) in [6.45, 7) is 6.86. The van der Waals surface area contributed by atoms with Gasteiger partial charge in [-0.1, -0.05) is 0 Å². The molecule has 20 heavy (non-hydrogen) atoms. The Labute approximate surface area is 131 Å². The molecule has 0 N–H and O–H groups in total. The predicted molar refractivity (Wildman–Crippen MR) is 98.2 cm³/mol. The normalized spacial score (nSPS) is 13.9. The monoisotopic (exact) mass is 314 g/mol. The number of unbranched alkanes of at least 4 members (excludes halogenated alkanes) is 7. The van der Waals surface area contributed by atoms with E-state index in [0.29, 0.717) is 0 Å². The SMILES string of the molecule is CCCCCCCCCCP(C)(C)(Cl)c1ccccc1. The van der Waals surface area contributed by atoms with Crippen molar-refractivity contribution in [3.63, 3.8) is 0 Å². The van der Waals surface area contributed by atoms with Gasteiger partial charge in [0.15, 0.2) is 0 Å². The maximum absolute atomic E-state index is 7.03. The number of rotatable bonds is 10. The maximum atomic E-state index is 7.03. The summed E-state index contributed by atoms with van der Waals surface area (Å²) in [5.74, 6) is -2.16. The van der Waals surface area contributed by atoms with E-state index in [0.717, 1.165) is 0 Å². The fourth-order valence-corrected chi connectivity index (χ4v) is 5.90. The van der Waals surface area contributed by atoms with Crippen molar-refractivity contribution in [1.29, 1.82) is 0 Å². The first kappa shape index (κ1) is 18.0. The van der Waals surface area contributed by atoms with E-state index in [1.54, 1.807) is 0 Å². The van der Waals surface area contributed by atoms with Gasteiger partial charge >= 0.3 is 131 Å². The molecule has 0 aliphatic rings. The van der Waals surface area contributed by atoms with Crippen LogP contribution in [0, 0.1) is 0 Å². The Balaban J connectivity index is 2.26. The van der Waals surface area contributed by atoms with Crippen LogP contribution in [0.3, 0.4) is 0 Å². The minimum absolute atomic E-state index is 1.17. The van der Waals surface area contributed by atoms with E-state index in [4.69, 9.17) is 11.2 Å². The minimum atomic E-state index is -2.16. The van der Waals surface area contributed by atoms with Crippen LogP contribution in [0.4, 0.5) is 0 Å². The fourth-order valence-electron chi connectivity index (χ4n) is 2.72. The Bertz CT molecular complexity index is 364. The molecule has 0 nitrogen and oxygen atoms in total. The van der Waals surface area contributed by atoms with Crippen LogP contribution in [-0.2, 0) is 0 Å². The number of hydrogen-bond donors (Lipinski definition) is 0. The van der Waals surface area contributed by atoms with Gasteiger partial charge in [-0.2, -0.15) is 0 Å². The van der Waals surface area contributed by atoms with Crippen molar-refractivity contribution >= 4 is 22.5 Å². The molecule has 1 aromatic carbocycles. The van der Waals surface area contributed by atoms with Crippen LogP contribution in [-0.4, -0.2) is 19.5 Å². The van der Waals surface area contributed by atoms with Gasteiger partial charge in [0.1, 0.15) is 0 Å². The van der Waals surface area contributed by atoms with Gasteiger partial charge in [0.2, 0.25) is 0 Å².